The summed E-state index contributed by atoms with van der Waals surface area (Å²) >= 11 is 3.48. The summed E-state index contributed by atoms with van der Waals surface area (Å²) in [5.74, 6) is 1.12. The number of rotatable bonds is 4. The highest BCUT2D eigenvalue weighted by Crippen LogP contribution is 2.32. The molecule has 0 aliphatic rings. The van der Waals surface area contributed by atoms with Crippen LogP contribution in [0.5, 0.6) is 0 Å². The molecule has 0 radical (unpaired) electrons. The Hall–Kier alpha value is -1.69. The van der Waals surface area contributed by atoms with Gasteiger partial charge in [-0.25, -0.2) is 14.4 Å². The average molecular weight is 325 g/mol. The number of hydrogen-bond donors (Lipinski definition) is 1. The van der Waals surface area contributed by atoms with E-state index in [0.29, 0.717) is 5.82 Å². The molecule has 0 aliphatic carbocycles. The Morgan fingerprint density at radius 2 is 2.16 bits per heavy atom. The number of hydrogen-bond acceptors (Lipinski definition) is 4. The molecule has 0 amide bonds. The molecule has 0 bridgehead atoms. The van der Waals surface area contributed by atoms with Crippen LogP contribution in [0.1, 0.15) is 6.92 Å². The largest absolute Gasteiger partial charge is 0.369 e. The topological polar surface area (TPSA) is 41.1 Å². The van der Waals surface area contributed by atoms with Crippen molar-refractivity contribution in [3.63, 3.8) is 0 Å². The van der Waals surface area contributed by atoms with E-state index < -0.39 is 0 Å². The van der Waals surface area contributed by atoms with Gasteiger partial charge in [-0.3, -0.25) is 0 Å². The number of nitrogens with zero attached hydrogens (tertiary/aromatic N) is 3. The standard InChI is InChI=1S/C13H14BrFN4/c1-3-16-12-11(14)13(18-8-17-12)19(2)10-6-4-5-9(15)7-10/h4-8H,3H2,1-2H3,(H,16,17,18). The van der Waals surface area contributed by atoms with E-state index in [-0.39, 0.29) is 5.82 Å². The van der Waals surface area contributed by atoms with Crippen LogP contribution in [-0.4, -0.2) is 23.6 Å². The van der Waals surface area contributed by atoms with E-state index in [1.54, 1.807) is 11.0 Å². The molecule has 100 valence electrons. The van der Waals surface area contributed by atoms with Crippen molar-refractivity contribution < 1.29 is 4.39 Å². The minimum absolute atomic E-state index is 0.276. The molecular weight excluding hydrogens is 311 g/mol. The Kier molecular flexibility index (Phi) is 4.31. The van der Waals surface area contributed by atoms with Crippen molar-refractivity contribution in [1.82, 2.24) is 9.97 Å². The van der Waals surface area contributed by atoms with Crippen molar-refractivity contribution in [2.24, 2.45) is 0 Å². The molecule has 0 saturated heterocycles. The Balaban J connectivity index is 2.38. The molecule has 0 fully saturated rings. The average Bonchev–Trinajstić information content (AvgIpc) is 2.41. The molecule has 6 heteroatoms. The van der Waals surface area contributed by atoms with Gasteiger partial charge in [-0.2, -0.15) is 0 Å². The van der Waals surface area contributed by atoms with Crippen molar-refractivity contribution in [3.8, 4) is 0 Å². The monoisotopic (exact) mass is 324 g/mol. The van der Waals surface area contributed by atoms with E-state index in [0.717, 1.165) is 22.5 Å². The third kappa shape index (κ3) is 3.01. The van der Waals surface area contributed by atoms with Crippen LogP contribution < -0.4 is 10.2 Å². The highest BCUT2D eigenvalue weighted by atomic mass is 79.9. The molecule has 0 spiro atoms. The van der Waals surface area contributed by atoms with Gasteiger partial charge in [0, 0.05) is 19.3 Å². The second kappa shape index (κ2) is 5.97. The number of aromatic nitrogens is 2. The van der Waals surface area contributed by atoms with Gasteiger partial charge in [0.05, 0.1) is 0 Å². The molecular formula is C13H14BrFN4. The molecule has 1 aromatic carbocycles. The van der Waals surface area contributed by atoms with Gasteiger partial charge >= 0.3 is 0 Å². The molecule has 2 aromatic rings. The summed E-state index contributed by atoms with van der Waals surface area (Å²) in [4.78, 5) is 10.2. The third-order valence-electron chi connectivity index (χ3n) is 2.63. The summed E-state index contributed by atoms with van der Waals surface area (Å²) in [5.41, 5.74) is 0.724. The fourth-order valence-electron chi connectivity index (χ4n) is 1.69. The first-order valence-corrected chi connectivity index (χ1v) is 6.66. The highest BCUT2D eigenvalue weighted by Gasteiger charge is 2.13. The van der Waals surface area contributed by atoms with E-state index in [1.807, 2.05) is 20.0 Å². The summed E-state index contributed by atoms with van der Waals surface area (Å²) in [5, 5.41) is 3.14. The first-order valence-electron chi connectivity index (χ1n) is 5.87. The maximum Gasteiger partial charge on any atom is 0.152 e. The summed E-state index contributed by atoms with van der Waals surface area (Å²) in [6.45, 7) is 2.75. The summed E-state index contributed by atoms with van der Waals surface area (Å²) in [7, 11) is 1.83. The number of benzene rings is 1. The number of halogens is 2. The lowest BCUT2D eigenvalue weighted by Crippen LogP contribution is -2.13. The maximum atomic E-state index is 13.3. The fourth-order valence-corrected chi connectivity index (χ4v) is 2.30. The summed E-state index contributed by atoms with van der Waals surface area (Å²) in [6.07, 6.45) is 1.48. The van der Waals surface area contributed by atoms with Crippen molar-refractivity contribution in [1.29, 1.82) is 0 Å². The van der Waals surface area contributed by atoms with Gasteiger partial charge in [0.15, 0.2) is 5.82 Å². The molecule has 0 aliphatic heterocycles. The van der Waals surface area contributed by atoms with Crippen LogP contribution in [0.3, 0.4) is 0 Å². The SMILES string of the molecule is CCNc1ncnc(N(C)c2cccc(F)c2)c1Br. The summed E-state index contributed by atoms with van der Waals surface area (Å²) in [6, 6.07) is 6.36. The van der Waals surface area contributed by atoms with Crippen LogP contribution in [0, 0.1) is 5.82 Å². The lowest BCUT2D eigenvalue weighted by Gasteiger charge is -2.20. The molecule has 0 atom stereocenters. The zero-order valence-corrected chi connectivity index (χ0v) is 12.3. The first-order chi connectivity index (χ1) is 9.13. The van der Waals surface area contributed by atoms with Gasteiger partial charge in [0.25, 0.3) is 0 Å². The van der Waals surface area contributed by atoms with E-state index in [4.69, 9.17) is 0 Å². The van der Waals surface area contributed by atoms with E-state index >= 15 is 0 Å². The molecule has 0 saturated carbocycles. The van der Waals surface area contributed by atoms with Gasteiger partial charge < -0.3 is 10.2 Å². The molecule has 1 heterocycles. The third-order valence-corrected chi connectivity index (χ3v) is 3.36. The number of nitrogens with one attached hydrogen (secondary N) is 1. The molecule has 1 N–H and O–H groups in total. The zero-order valence-electron chi connectivity index (χ0n) is 10.7. The van der Waals surface area contributed by atoms with Crippen molar-refractivity contribution in [2.45, 2.75) is 6.92 Å². The highest BCUT2D eigenvalue weighted by molar-refractivity contribution is 9.10. The molecule has 19 heavy (non-hydrogen) atoms. The van der Waals surface area contributed by atoms with Crippen LogP contribution >= 0.6 is 15.9 Å². The van der Waals surface area contributed by atoms with E-state index in [2.05, 4.69) is 31.2 Å². The minimum atomic E-state index is -0.276. The van der Waals surface area contributed by atoms with Crippen molar-refractivity contribution >= 4 is 33.3 Å². The quantitative estimate of drug-likeness (QED) is 0.933. The van der Waals surface area contributed by atoms with Crippen molar-refractivity contribution in [3.05, 3.63) is 40.9 Å². The molecule has 0 unspecified atom stereocenters. The lowest BCUT2D eigenvalue weighted by molar-refractivity contribution is 0.628. The van der Waals surface area contributed by atoms with E-state index in [9.17, 15) is 4.39 Å². The van der Waals surface area contributed by atoms with Crippen LogP contribution in [0.4, 0.5) is 21.7 Å². The van der Waals surface area contributed by atoms with Gasteiger partial charge in [-0.05, 0) is 41.1 Å². The predicted molar refractivity (Wildman–Crippen MR) is 78.4 cm³/mol. The molecule has 1 aromatic heterocycles. The molecule has 4 nitrogen and oxygen atoms in total. The Morgan fingerprint density at radius 1 is 1.37 bits per heavy atom. The predicted octanol–water partition coefficient (Wildman–Crippen LogP) is 3.58. The van der Waals surface area contributed by atoms with E-state index in [1.165, 1.54) is 18.5 Å². The Labute approximate surface area is 119 Å². The second-order valence-electron chi connectivity index (χ2n) is 3.93. The first kappa shape index (κ1) is 13.7. The van der Waals surface area contributed by atoms with Gasteiger partial charge in [-0.15, -0.1) is 0 Å². The van der Waals surface area contributed by atoms with Crippen molar-refractivity contribution in [2.75, 3.05) is 23.8 Å². The normalized spacial score (nSPS) is 10.3. The van der Waals surface area contributed by atoms with Crippen LogP contribution in [0.2, 0.25) is 0 Å². The second-order valence-corrected chi connectivity index (χ2v) is 4.72. The number of anilines is 3. The van der Waals surface area contributed by atoms with Crippen LogP contribution in [-0.2, 0) is 0 Å². The minimum Gasteiger partial charge on any atom is -0.369 e. The van der Waals surface area contributed by atoms with Crippen LogP contribution in [0.25, 0.3) is 0 Å². The van der Waals surface area contributed by atoms with Crippen LogP contribution in [0.15, 0.2) is 35.1 Å². The van der Waals surface area contributed by atoms with Gasteiger partial charge in [-0.1, -0.05) is 6.07 Å². The smallest absolute Gasteiger partial charge is 0.152 e. The van der Waals surface area contributed by atoms with Gasteiger partial charge in [0.1, 0.15) is 22.4 Å². The van der Waals surface area contributed by atoms with Gasteiger partial charge in [0.2, 0.25) is 0 Å². The summed E-state index contributed by atoms with van der Waals surface area (Å²) < 4.78 is 14.0. The lowest BCUT2D eigenvalue weighted by atomic mass is 10.3. The maximum absolute atomic E-state index is 13.3. The zero-order chi connectivity index (χ0) is 13.8. The fraction of sp³-hybridized carbons (Fsp3) is 0.231. The molecule has 2 rings (SSSR count). The Morgan fingerprint density at radius 3 is 2.84 bits per heavy atom. The Bertz CT molecular complexity index is 576.